The lowest BCUT2D eigenvalue weighted by Gasteiger charge is -2.06. The normalized spacial score (nSPS) is 11.1. The molecular formula is C14H16N6. The summed E-state index contributed by atoms with van der Waals surface area (Å²) in [4.78, 5) is 7.99. The van der Waals surface area contributed by atoms with Gasteiger partial charge in [-0.25, -0.2) is 4.98 Å². The van der Waals surface area contributed by atoms with Crippen LogP contribution in [-0.4, -0.2) is 19.7 Å². The molecule has 0 spiro atoms. The van der Waals surface area contributed by atoms with E-state index >= 15 is 0 Å². The number of anilines is 2. The van der Waals surface area contributed by atoms with Crippen molar-refractivity contribution in [2.24, 2.45) is 0 Å². The zero-order valence-corrected chi connectivity index (χ0v) is 11.2. The molecule has 0 aliphatic rings. The lowest BCUT2D eigenvalue weighted by molar-refractivity contribution is 0.622. The van der Waals surface area contributed by atoms with Crippen LogP contribution in [0.2, 0.25) is 0 Å². The van der Waals surface area contributed by atoms with Gasteiger partial charge >= 0.3 is 0 Å². The lowest BCUT2D eigenvalue weighted by atomic mass is 10.1. The molecule has 3 aromatic rings. The molecule has 0 bridgehead atoms. The third-order valence-corrected chi connectivity index (χ3v) is 3.23. The minimum atomic E-state index is 0.183. The predicted octanol–water partition coefficient (Wildman–Crippen LogP) is 2.07. The summed E-state index contributed by atoms with van der Waals surface area (Å²) in [5.74, 6) is 0.570. The van der Waals surface area contributed by atoms with Crippen molar-refractivity contribution in [3.63, 3.8) is 0 Å². The molecule has 0 aliphatic heterocycles. The summed E-state index contributed by atoms with van der Waals surface area (Å²) >= 11 is 0. The van der Waals surface area contributed by atoms with E-state index in [9.17, 15) is 0 Å². The van der Waals surface area contributed by atoms with Gasteiger partial charge in [0.15, 0.2) is 0 Å². The molecule has 0 aliphatic carbocycles. The molecule has 0 atom stereocenters. The summed E-state index contributed by atoms with van der Waals surface area (Å²) in [6, 6.07) is 6.09. The van der Waals surface area contributed by atoms with E-state index in [1.807, 2.05) is 29.1 Å². The largest absolute Gasteiger partial charge is 0.383 e. The van der Waals surface area contributed by atoms with Gasteiger partial charge in [0, 0.05) is 23.7 Å². The Morgan fingerprint density at radius 2 is 2.05 bits per heavy atom. The molecule has 2 heterocycles. The van der Waals surface area contributed by atoms with Crippen molar-refractivity contribution in [3.8, 4) is 11.1 Å². The van der Waals surface area contributed by atoms with Gasteiger partial charge in [-0.3, -0.25) is 4.68 Å². The number of nitrogens with two attached hydrogens (primary N) is 2. The van der Waals surface area contributed by atoms with Gasteiger partial charge in [-0.05, 0) is 24.1 Å². The van der Waals surface area contributed by atoms with Gasteiger partial charge in [0.2, 0.25) is 5.95 Å². The van der Waals surface area contributed by atoms with Crippen LogP contribution in [0.1, 0.15) is 13.3 Å². The van der Waals surface area contributed by atoms with Crippen LogP contribution in [0.25, 0.3) is 22.0 Å². The first-order chi connectivity index (χ1) is 9.69. The first-order valence-electron chi connectivity index (χ1n) is 6.53. The quantitative estimate of drug-likeness (QED) is 0.758. The molecule has 6 nitrogen and oxygen atoms in total. The van der Waals surface area contributed by atoms with Crippen LogP contribution < -0.4 is 11.5 Å². The fraction of sp³-hybridized carbons (Fsp3) is 0.214. The number of rotatable bonds is 3. The monoisotopic (exact) mass is 268 g/mol. The van der Waals surface area contributed by atoms with Crippen LogP contribution in [0, 0.1) is 0 Å². The van der Waals surface area contributed by atoms with Crippen molar-refractivity contribution < 1.29 is 0 Å². The first kappa shape index (κ1) is 12.4. The van der Waals surface area contributed by atoms with Gasteiger partial charge in [0.05, 0.1) is 11.7 Å². The summed E-state index contributed by atoms with van der Waals surface area (Å²) in [5.41, 5.74) is 14.3. The summed E-state index contributed by atoms with van der Waals surface area (Å²) < 4.78 is 2.00. The molecule has 0 saturated heterocycles. The molecular weight excluding hydrogens is 252 g/mol. The van der Waals surface area contributed by atoms with E-state index in [1.54, 1.807) is 6.20 Å². The number of hydrogen-bond acceptors (Lipinski definition) is 5. The molecule has 3 rings (SSSR count). The molecule has 0 unspecified atom stereocenters. The van der Waals surface area contributed by atoms with Crippen LogP contribution in [0.5, 0.6) is 0 Å². The zero-order chi connectivity index (χ0) is 14.1. The zero-order valence-electron chi connectivity index (χ0n) is 11.2. The van der Waals surface area contributed by atoms with Gasteiger partial charge < -0.3 is 11.5 Å². The maximum atomic E-state index is 5.90. The summed E-state index contributed by atoms with van der Waals surface area (Å²) in [5, 5.41) is 5.47. The van der Waals surface area contributed by atoms with Crippen LogP contribution in [0.4, 0.5) is 11.8 Å². The molecule has 0 amide bonds. The van der Waals surface area contributed by atoms with Crippen molar-refractivity contribution in [2.45, 2.75) is 19.9 Å². The second-order valence-electron chi connectivity index (χ2n) is 4.67. The lowest BCUT2D eigenvalue weighted by Crippen LogP contribution is -2.01. The van der Waals surface area contributed by atoms with Crippen molar-refractivity contribution in [1.82, 2.24) is 19.7 Å². The molecule has 102 valence electrons. The average Bonchev–Trinajstić information content (AvgIpc) is 2.82. The Hall–Kier alpha value is -2.63. The molecule has 20 heavy (non-hydrogen) atoms. The van der Waals surface area contributed by atoms with Crippen LogP contribution in [0.3, 0.4) is 0 Å². The summed E-state index contributed by atoms with van der Waals surface area (Å²) in [6.07, 6.45) is 4.56. The van der Waals surface area contributed by atoms with E-state index in [1.165, 1.54) is 0 Å². The van der Waals surface area contributed by atoms with E-state index < -0.39 is 0 Å². The van der Waals surface area contributed by atoms with E-state index in [4.69, 9.17) is 11.5 Å². The third-order valence-electron chi connectivity index (χ3n) is 3.23. The number of hydrogen-bond donors (Lipinski definition) is 2. The summed E-state index contributed by atoms with van der Waals surface area (Å²) in [6.45, 7) is 3.05. The summed E-state index contributed by atoms with van der Waals surface area (Å²) in [7, 11) is 0. The highest BCUT2D eigenvalue weighted by molar-refractivity contribution is 5.86. The van der Waals surface area contributed by atoms with Crippen LogP contribution in [0.15, 0.2) is 30.6 Å². The number of fused-ring (bicyclic) bond motifs is 1. The number of aryl methyl sites for hydroxylation is 1. The fourth-order valence-electron chi connectivity index (χ4n) is 2.28. The maximum Gasteiger partial charge on any atom is 0.221 e. The van der Waals surface area contributed by atoms with Crippen LogP contribution >= 0.6 is 0 Å². The van der Waals surface area contributed by atoms with Crippen molar-refractivity contribution in [1.29, 1.82) is 0 Å². The van der Waals surface area contributed by atoms with Gasteiger partial charge in [-0.1, -0.05) is 13.0 Å². The van der Waals surface area contributed by atoms with E-state index in [0.29, 0.717) is 5.82 Å². The predicted molar refractivity (Wildman–Crippen MR) is 79.9 cm³/mol. The number of nitrogen functional groups attached to an aromatic ring is 2. The highest BCUT2D eigenvalue weighted by Crippen LogP contribution is 2.27. The SMILES string of the molecule is CCCn1ncc2cc(-c3cnc(N)nc3N)ccc21. The molecule has 0 radical (unpaired) electrons. The molecule has 0 fully saturated rings. The topological polar surface area (TPSA) is 95.6 Å². The van der Waals surface area contributed by atoms with Crippen LogP contribution in [-0.2, 0) is 6.54 Å². The molecule has 0 saturated carbocycles. The smallest absolute Gasteiger partial charge is 0.221 e. The highest BCUT2D eigenvalue weighted by atomic mass is 15.3. The fourth-order valence-corrected chi connectivity index (χ4v) is 2.28. The Labute approximate surface area is 116 Å². The Bertz CT molecular complexity index is 761. The second-order valence-corrected chi connectivity index (χ2v) is 4.67. The van der Waals surface area contributed by atoms with Crippen molar-refractivity contribution >= 4 is 22.7 Å². The van der Waals surface area contributed by atoms with Gasteiger partial charge in [-0.2, -0.15) is 10.1 Å². The number of aromatic nitrogens is 4. The second kappa shape index (κ2) is 4.80. The number of benzene rings is 1. The van der Waals surface area contributed by atoms with Gasteiger partial charge in [-0.15, -0.1) is 0 Å². The van der Waals surface area contributed by atoms with Gasteiger partial charge in [0.25, 0.3) is 0 Å². The average molecular weight is 268 g/mol. The number of nitrogens with zero attached hydrogens (tertiary/aromatic N) is 4. The maximum absolute atomic E-state index is 5.90. The molecule has 4 N–H and O–H groups in total. The van der Waals surface area contributed by atoms with E-state index in [-0.39, 0.29) is 5.95 Å². The van der Waals surface area contributed by atoms with Crippen molar-refractivity contribution in [3.05, 3.63) is 30.6 Å². The Morgan fingerprint density at radius 3 is 2.80 bits per heavy atom. The first-order valence-corrected chi connectivity index (χ1v) is 6.53. The Kier molecular flexibility index (Phi) is 2.98. The minimum Gasteiger partial charge on any atom is -0.383 e. The Balaban J connectivity index is 2.09. The van der Waals surface area contributed by atoms with Crippen molar-refractivity contribution in [2.75, 3.05) is 11.5 Å². The van der Waals surface area contributed by atoms with Gasteiger partial charge in [0.1, 0.15) is 5.82 Å². The molecule has 6 heteroatoms. The Morgan fingerprint density at radius 1 is 1.20 bits per heavy atom. The minimum absolute atomic E-state index is 0.183. The highest BCUT2D eigenvalue weighted by Gasteiger charge is 2.08. The molecule has 1 aromatic carbocycles. The van der Waals surface area contributed by atoms with E-state index in [2.05, 4.69) is 22.0 Å². The standard InChI is InChI=1S/C14H16N6/c1-2-5-20-12-4-3-9(6-10(12)7-18-20)11-8-17-14(16)19-13(11)15/h3-4,6-8H,2,5H2,1H3,(H4,15,16,17,19). The third kappa shape index (κ3) is 2.05. The van der Waals surface area contributed by atoms with E-state index in [0.717, 1.165) is 35.0 Å². The molecule has 2 aromatic heterocycles.